The molecule has 0 spiro atoms. The number of hydrogen-bond acceptors (Lipinski definition) is 5. The molecular formula is C15H15ClN4O3. The Bertz CT molecular complexity index is 834. The fourth-order valence-electron chi connectivity index (χ4n) is 2.78. The number of hydrogen-bond donors (Lipinski definition) is 1. The average Bonchev–Trinajstić information content (AvgIpc) is 2.49. The molecular weight excluding hydrogens is 320 g/mol. The van der Waals surface area contributed by atoms with Crippen molar-refractivity contribution in [3.63, 3.8) is 0 Å². The number of aromatic nitrogens is 2. The third-order valence-corrected chi connectivity index (χ3v) is 4.27. The van der Waals surface area contributed by atoms with Gasteiger partial charge in [-0.2, -0.15) is 0 Å². The van der Waals surface area contributed by atoms with Gasteiger partial charge in [0.15, 0.2) is 0 Å². The van der Waals surface area contributed by atoms with Crippen molar-refractivity contribution >= 4 is 17.3 Å². The summed E-state index contributed by atoms with van der Waals surface area (Å²) >= 11 is 6.14. The molecule has 0 aliphatic carbocycles. The molecule has 7 nitrogen and oxygen atoms in total. The van der Waals surface area contributed by atoms with Crippen LogP contribution in [-0.4, -0.2) is 26.3 Å². The lowest BCUT2D eigenvalue weighted by molar-refractivity contribution is -0.384. The predicted octanol–water partition coefficient (Wildman–Crippen LogP) is 2.20. The van der Waals surface area contributed by atoms with Crippen molar-refractivity contribution in [2.45, 2.75) is 26.4 Å². The minimum atomic E-state index is -0.442. The van der Waals surface area contributed by atoms with Crippen LogP contribution in [0.25, 0.3) is 0 Å². The molecule has 0 atom stereocenters. The van der Waals surface area contributed by atoms with Gasteiger partial charge in [0.2, 0.25) is 0 Å². The summed E-state index contributed by atoms with van der Waals surface area (Å²) in [5.74, 6) is 0.615. The van der Waals surface area contributed by atoms with E-state index in [4.69, 9.17) is 11.6 Å². The number of non-ortho nitro benzene ring substituents is 1. The smallest absolute Gasteiger partial charge is 0.269 e. The third-order valence-electron chi connectivity index (χ3n) is 3.90. The zero-order valence-corrected chi connectivity index (χ0v) is 13.3. The van der Waals surface area contributed by atoms with Crippen molar-refractivity contribution in [2.75, 3.05) is 6.54 Å². The minimum absolute atomic E-state index is 0.0111. The maximum Gasteiger partial charge on any atom is 0.269 e. The molecule has 1 aromatic heterocycles. The average molecular weight is 335 g/mol. The van der Waals surface area contributed by atoms with Gasteiger partial charge in [0.25, 0.3) is 11.2 Å². The summed E-state index contributed by atoms with van der Waals surface area (Å²) in [5, 5.41) is 11.4. The van der Waals surface area contributed by atoms with Crippen LogP contribution in [-0.2, 0) is 19.5 Å². The molecule has 0 radical (unpaired) electrons. The molecule has 0 unspecified atom stereocenters. The van der Waals surface area contributed by atoms with Gasteiger partial charge in [0, 0.05) is 43.2 Å². The van der Waals surface area contributed by atoms with E-state index < -0.39 is 4.92 Å². The van der Waals surface area contributed by atoms with E-state index in [2.05, 4.69) is 9.97 Å². The van der Waals surface area contributed by atoms with E-state index in [-0.39, 0.29) is 11.2 Å². The normalized spacial score (nSPS) is 14.5. The summed E-state index contributed by atoms with van der Waals surface area (Å²) in [6.07, 6.45) is 0.673. The molecule has 1 aromatic carbocycles. The number of aryl methyl sites for hydroxylation is 1. The number of H-pyrrole nitrogens is 1. The van der Waals surface area contributed by atoms with E-state index in [1.807, 2.05) is 4.90 Å². The quantitative estimate of drug-likeness (QED) is 0.686. The molecule has 1 aliphatic rings. The van der Waals surface area contributed by atoms with Crippen LogP contribution in [0.2, 0.25) is 5.02 Å². The highest BCUT2D eigenvalue weighted by Gasteiger charge is 2.22. The molecule has 1 N–H and O–H groups in total. The van der Waals surface area contributed by atoms with Gasteiger partial charge in [-0.15, -0.1) is 0 Å². The molecule has 0 bridgehead atoms. The summed E-state index contributed by atoms with van der Waals surface area (Å²) in [7, 11) is 0. The van der Waals surface area contributed by atoms with Crippen molar-refractivity contribution in [1.29, 1.82) is 0 Å². The third kappa shape index (κ3) is 3.25. The number of halogens is 1. The molecule has 2 heterocycles. The molecule has 1 aliphatic heterocycles. The maximum atomic E-state index is 12.1. The lowest BCUT2D eigenvalue weighted by Gasteiger charge is -2.27. The number of benzene rings is 1. The Hall–Kier alpha value is -2.25. The summed E-state index contributed by atoms with van der Waals surface area (Å²) in [6.45, 7) is 3.39. The predicted molar refractivity (Wildman–Crippen MR) is 85.5 cm³/mol. The Balaban J connectivity index is 1.84. The summed E-state index contributed by atoms with van der Waals surface area (Å²) in [6, 6.07) is 4.40. The number of fused-ring (bicyclic) bond motifs is 1. The van der Waals surface area contributed by atoms with Gasteiger partial charge >= 0.3 is 0 Å². The zero-order chi connectivity index (χ0) is 16.6. The first-order valence-electron chi connectivity index (χ1n) is 7.18. The minimum Gasteiger partial charge on any atom is -0.310 e. The van der Waals surface area contributed by atoms with E-state index in [9.17, 15) is 14.9 Å². The number of nitro benzene ring substituents is 1. The van der Waals surface area contributed by atoms with Crippen LogP contribution in [0.1, 0.15) is 22.6 Å². The Labute approximate surface area is 137 Å². The van der Waals surface area contributed by atoms with Crippen LogP contribution in [0.4, 0.5) is 5.69 Å². The van der Waals surface area contributed by atoms with Crippen LogP contribution < -0.4 is 5.56 Å². The van der Waals surface area contributed by atoms with Crippen molar-refractivity contribution in [2.24, 2.45) is 0 Å². The molecule has 120 valence electrons. The van der Waals surface area contributed by atoms with Gasteiger partial charge in [-0.1, -0.05) is 11.6 Å². The molecule has 0 saturated heterocycles. The standard InChI is InChI=1S/C15H15ClN4O3/c1-9-17-14-4-5-19(8-12(14)15(21)18-9)7-10-6-11(20(22)23)2-3-13(10)16/h2-3,6H,4-5,7-8H2,1H3,(H,17,18,21). The van der Waals surface area contributed by atoms with Gasteiger partial charge in [-0.05, 0) is 18.6 Å². The first-order valence-corrected chi connectivity index (χ1v) is 7.55. The molecule has 0 fully saturated rings. The van der Waals surface area contributed by atoms with Crippen molar-refractivity contribution in [3.05, 3.63) is 66.3 Å². The topological polar surface area (TPSA) is 92.1 Å². The highest BCUT2D eigenvalue weighted by atomic mass is 35.5. The second kappa shape index (κ2) is 6.10. The summed E-state index contributed by atoms with van der Waals surface area (Å²) in [4.78, 5) is 31.6. The first-order chi connectivity index (χ1) is 10.9. The van der Waals surface area contributed by atoms with Gasteiger partial charge < -0.3 is 4.98 Å². The summed E-state index contributed by atoms with van der Waals surface area (Å²) < 4.78 is 0. The van der Waals surface area contributed by atoms with E-state index in [0.717, 1.165) is 12.2 Å². The van der Waals surface area contributed by atoms with Crippen molar-refractivity contribution in [3.8, 4) is 0 Å². The molecule has 0 saturated carbocycles. The number of aromatic amines is 1. The monoisotopic (exact) mass is 334 g/mol. The lowest BCUT2D eigenvalue weighted by Crippen LogP contribution is -2.35. The Kier molecular flexibility index (Phi) is 4.14. The van der Waals surface area contributed by atoms with Gasteiger partial charge in [0.1, 0.15) is 5.82 Å². The number of nitrogens with zero attached hydrogens (tertiary/aromatic N) is 3. The fraction of sp³-hybridized carbons (Fsp3) is 0.333. The van der Waals surface area contributed by atoms with E-state index >= 15 is 0 Å². The van der Waals surface area contributed by atoms with Crippen molar-refractivity contribution < 1.29 is 4.92 Å². The second-order valence-electron chi connectivity index (χ2n) is 5.57. The molecule has 2 aromatic rings. The summed E-state index contributed by atoms with van der Waals surface area (Å²) in [5.41, 5.74) is 2.05. The van der Waals surface area contributed by atoms with Gasteiger partial charge in [-0.25, -0.2) is 4.98 Å². The number of rotatable bonds is 3. The van der Waals surface area contributed by atoms with Crippen LogP contribution in [0, 0.1) is 17.0 Å². The van der Waals surface area contributed by atoms with Crippen LogP contribution in [0.5, 0.6) is 0 Å². The van der Waals surface area contributed by atoms with Gasteiger partial charge in [-0.3, -0.25) is 19.8 Å². The van der Waals surface area contributed by atoms with E-state index in [1.165, 1.54) is 18.2 Å². The zero-order valence-electron chi connectivity index (χ0n) is 12.5. The largest absolute Gasteiger partial charge is 0.310 e. The SMILES string of the molecule is Cc1nc2c(c(=O)[nH]1)CN(Cc1cc([N+](=O)[O-])ccc1Cl)CC2. The second-order valence-corrected chi connectivity index (χ2v) is 5.98. The highest BCUT2D eigenvalue weighted by molar-refractivity contribution is 6.31. The van der Waals surface area contributed by atoms with E-state index in [1.54, 1.807) is 6.92 Å². The fourth-order valence-corrected chi connectivity index (χ4v) is 2.95. The van der Waals surface area contributed by atoms with Gasteiger partial charge in [0.05, 0.1) is 16.2 Å². The van der Waals surface area contributed by atoms with Crippen LogP contribution in [0.15, 0.2) is 23.0 Å². The molecule has 23 heavy (non-hydrogen) atoms. The highest BCUT2D eigenvalue weighted by Crippen LogP contribution is 2.25. The molecule has 8 heteroatoms. The first kappa shape index (κ1) is 15.6. The van der Waals surface area contributed by atoms with Crippen LogP contribution in [0.3, 0.4) is 0 Å². The van der Waals surface area contributed by atoms with E-state index in [0.29, 0.717) is 41.5 Å². The lowest BCUT2D eigenvalue weighted by atomic mass is 10.1. The number of nitrogens with one attached hydrogen (secondary N) is 1. The number of nitro groups is 1. The van der Waals surface area contributed by atoms with Crippen LogP contribution >= 0.6 is 11.6 Å². The Morgan fingerprint density at radius 1 is 1.48 bits per heavy atom. The van der Waals surface area contributed by atoms with Crippen molar-refractivity contribution in [1.82, 2.24) is 14.9 Å². The molecule has 3 rings (SSSR count). The molecule has 0 amide bonds. The maximum absolute atomic E-state index is 12.1. The Morgan fingerprint density at radius 3 is 3.00 bits per heavy atom. The Morgan fingerprint density at radius 2 is 2.26 bits per heavy atom.